The molecule has 1 rings (SSSR count). The number of hydrogen-bond acceptors (Lipinski definition) is 4. The van der Waals surface area contributed by atoms with Crippen LogP contribution in [0, 0.1) is 5.92 Å². The van der Waals surface area contributed by atoms with Gasteiger partial charge in [-0.15, -0.1) is 0 Å². The number of carbonyl (C=O) groups is 1. The summed E-state index contributed by atoms with van der Waals surface area (Å²) in [5, 5.41) is 12.4. The van der Waals surface area contributed by atoms with Crippen LogP contribution in [0.3, 0.4) is 0 Å². The monoisotopic (exact) mass is 265 g/mol. The Kier molecular flexibility index (Phi) is 5.76. The molecule has 0 saturated carbocycles. The quantitative estimate of drug-likeness (QED) is 0.814. The Balaban J connectivity index is 2.60. The van der Waals surface area contributed by atoms with Crippen molar-refractivity contribution in [3.63, 3.8) is 0 Å². The molecule has 5 nitrogen and oxygen atoms in total. The summed E-state index contributed by atoms with van der Waals surface area (Å²) < 4.78 is 0. The van der Waals surface area contributed by atoms with Crippen LogP contribution in [0.25, 0.3) is 0 Å². The van der Waals surface area contributed by atoms with Crippen molar-refractivity contribution >= 4 is 11.7 Å². The van der Waals surface area contributed by atoms with Gasteiger partial charge in [0.15, 0.2) is 0 Å². The topological polar surface area (TPSA) is 65.5 Å². The van der Waals surface area contributed by atoms with E-state index in [4.69, 9.17) is 0 Å². The highest BCUT2D eigenvalue weighted by atomic mass is 16.3. The minimum atomic E-state index is -0.537. The van der Waals surface area contributed by atoms with E-state index >= 15 is 0 Å². The molecular formula is C14H23N3O2. The molecule has 1 aromatic rings. The van der Waals surface area contributed by atoms with Gasteiger partial charge in [0, 0.05) is 19.8 Å². The standard InChI is InChI=1S/C14H23N3O2/c1-10(2)8-16-14(19)9-17(4)13-7-12(11(3)18)5-6-15-13/h5-7,10-11,18H,8-9H2,1-4H3,(H,16,19). The number of carbonyl (C=O) groups excluding carboxylic acids is 1. The fourth-order valence-electron chi connectivity index (χ4n) is 1.57. The van der Waals surface area contributed by atoms with Crippen molar-refractivity contribution in [3.8, 4) is 0 Å². The lowest BCUT2D eigenvalue weighted by atomic mass is 10.2. The third-order valence-electron chi connectivity index (χ3n) is 2.73. The molecule has 1 atom stereocenters. The molecule has 0 aromatic carbocycles. The number of likely N-dealkylation sites (N-methyl/N-ethyl adjacent to an activating group) is 1. The second kappa shape index (κ2) is 7.09. The normalized spacial score (nSPS) is 12.3. The van der Waals surface area contributed by atoms with E-state index in [1.54, 1.807) is 30.2 Å². The first-order valence-electron chi connectivity index (χ1n) is 6.52. The van der Waals surface area contributed by atoms with Crippen LogP contribution in [0.2, 0.25) is 0 Å². The van der Waals surface area contributed by atoms with Gasteiger partial charge in [-0.3, -0.25) is 4.79 Å². The zero-order valence-corrected chi connectivity index (χ0v) is 12.1. The first kappa shape index (κ1) is 15.4. The Morgan fingerprint density at radius 1 is 1.47 bits per heavy atom. The number of aromatic nitrogens is 1. The zero-order valence-electron chi connectivity index (χ0n) is 12.1. The van der Waals surface area contributed by atoms with Crippen LogP contribution in [-0.4, -0.2) is 36.1 Å². The van der Waals surface area contributed by atoms with Crippen LogP contribution >= 0.6 is 0 Å². The van der Waals surface area contributed by atoms with Crippen molar-refractivity contribution in [3.05, 3.63) is 23.9 Å². The lowest BCUT2D eigenvalue weighted by molar-refractivity contribution is -0.119. The molecule has 0 aliphatic rings. The summed E-state index contributed by atoms with van der Waals surface area (Å²) in [6.45, 7) is 6.74. The van der Waals surface area contributed by atoms with Crippen LogP contribution in [0.15, 0.2) is 18.3 Å². The highest BCUT2D eigenvalue weighted by molar-refractivity contribution is 5.80. The van der Waals surface area contributed by atoms with Gasteiger partial charge in [-0.25, -0.2) is 4.98 Å². The van der Waals surface area contributed by atoms with Crippen molar-refractivity contribution in [1.82, 2.24) is 10.3 Å². The number of amides is 1. The van der Waals surface area contributed by atoms with Gasteiger partial charge in [0.1, 0.15) is 5.82 Å². The fourth-order valence-corrected chi connectivity index (χ4v) is 1.57. The summed E-state index contributed by atoms with van der Waals surface area (Å²) in [6.07, 6.45) is 1.10. The molecule has 5 heteroatoms. The number of pyridine rings is 1. The number of nitrogens with zero attached hydrogens (tertiary/aromatic N) is 2. The van der Waals surface area contributed by atoms with Crippen molar-refractivity contribution in [1.29, 1.82) is 0 Å². The largest absolute Gasteiger partial charge is 0.389 e. The van der Waals surface area contributed by atoms with Gasteiger partial charge in [-0.05, 0) is 30.5 Å². The summed E-state index contributed by atoms with van der Waals surface area (Å²) in [5.41, 5.74) is 0.791. The highest BCUT2D eigenvalue weighted by Gasteiger charge is 2.10. The Morgan fingerprint density at radius 2 is 2.16 bits per heavy atom. The minimum absolute atomic E-state index is 0.0274. The lowest BCUT2D eigenvalue weighted by Crippen LogP contribution is -2.37. The maximum Gasteiger partial charge on any atom is 0.239 e. The summed E-state index contributed by atoms with van der Waals surface area (Å²) in [6, 6.07) is 3.56. The number of rotatable bonds is 6. The maximum atomic E-state index is 11.7. The number of anilines is 1. The van der Waals surface area contributed by atoms with Gasteiger partial charge >= 0.3 is 0 Å². The Bertz CT molecular complexity index is 419. The molecule has 1 amide bonds. The van der Waals surface area contributed by atoms with E-state index in [2.05, 4.69) is 24.1 Å². The third-order valence-corrected chi connectivity index (χ3v) is 2.73. The average molecular weight is 265 g/mol. The number of hydrogen-bond donors (Lipinski definition) is 2. The van der Waals surface area contributed by atoms with Crippen LogP contribution in [-0.2, 0) is 4.79 Å². The van der Waals surface area contributed by atoms with Crippen LogP contribution < -0.4 is 10.2 Å². The van der Waals surface area contributed by atoms with E-state index in [0.29, 0.717) is 18.3 Å². The molecule has 0 saturated heterocycles. The molecule has 19 heavy (non-hydrogen) atoms. The SMILES string of the molecule is CC(C)CNC(=O)CN(C)c1cc(C(C)O)ccn1. The lowest BCUT2D eigenvalue weighted by Gasteiger charge is -2.19. The highest BCUT2D eigenvalue weighted by Crippen LogP contribution is 2.16. The molecule has 0 spiro atoms. The summed E-state index contributed by atoms with van der Waals surface area (Å²) in [7, 11) is 1.81. The molecule has 1 heterocycles. The summed E-state index contributed by atoms with van der Waals surface area (Å²) >= 11 is 0. The molecule has 0 radical (unpaired) electrons. The first-order valence-corrected chi connectivity index (χ1v) is 6.52. The molecule has 106 valence electrons. The second-order valence-corrected chi connectivity index (χ2v) is 5.18. The van der Waals surface area contributed by atoms with Crippen molar-refractivity contribution in [2.24, 2.45) is 5.92 Å². The molecule has 0 bridgehead atoms. The number of aliphatic hydroxyl groups is 1. The van der Waals surface area contributed by atoms with Crippen molar-refractivity contribution in [2.75, 3.05) is 25.0 Å². The van der Waals surface area contributed by atoms with Gasteiger partial charge in [0.25, 0.3) is 0 Å². The second-order valence-electron chi connectivity index (χ2n) is 5.18. The number of aliphatic hydroxyl groups excluding tert-OH is 1. The van der Waals surface area contributed by atoms with Gasteiger partial charge < -0.3 is 15.3 Å². The number of nitrogens with one attached hydrogen (secondary N) is 1. The third kappa shape index (κ3) is 5.26. The van der Waals surface area contributed by atoms with E-state index in [1.807, 2.05) is 7.05 Å². The summed E-state index contributed by atoms with van der Waals surface area (Å²) in [4.78, 5) is 17.7. The van der Waals surface area contributed by atoms with Crippen molar-refractivity contribution in [2.45, 2.75) is 26.9 Å². The predicted octanol–water partition coefficient (Wildman–Crippen LogP) is 1.34. The average Bonchev–Trinajstić information content (AvgIpc) is 2.36. The molecule has 0 aliphatic heterocycles. The van der Waals surface area contributed by atoms with Gasteiger partial charge in [-0.2, -0.15) is 0 Å². The minimum Gasteiger partial charge on any atom is -0.389 e. The first-order chi connectivity index (χ1) is 8.90. The van der Waals surface area contributed by atoms with Crippen LogP contribution in [0.1, 0.15) is 32.4 Å². The smallest absolute Gasteiger partial charge is 0.239 e. The zero-order chi connectivity index (χ0) is 14.4. The van der Waals surface area contributed by atoms with E-state index in [-0.39, 0.29) is 12.5 Å². The van der Waals surface area contributed by atoms with Crippen molar-refractivity contribution < 1.29 is 9.90 Å². The van der Waals surface area contributed by atoms with Crippen LogP contribution in [0.5, 0.6) is 0 Å². The van der Waals surface area contributed by atoms with E-state index in [9.17, 15) is 9.90 Å². The molecule has 0 aliphatic carbocycles. The van der Waals surface area contributed by atoms with Gasteiger partial charge in [0.2, 0.25) is 5.91 Å². The predicted molar refractivity (Wildman–Crippen MR) is 76.0 cm³/mol. The molecular weight excluding hydrogens is 242 g/mol. The Labute approximate surface area is 114 Å². The maximum absolute atomic E-state index is 11.7. The van der Waals surface area contributed by atoms with Gasteiger partial charge in [0.05, 0.1) is 12.6 Å². The summed E-state index contributed by atoms with van der Waals surface area (Å²) in [5.74, 6) is 1.09. The molecule has 1 aromatic heterocycles. The van der Waals surface area contributed by atoms with Gasteiger partial charge in [-0.1, -0.05) is 13.8 Å². The Hall–Kier alpha value is -1.62. The van der Waals surface area contributed by atoms with Crippen LogP contribution in [0.4, 0.5) is 5.82 Å². The molecule has 0 fully saturated rings. The van der Waals surface area contributed by atoms with E-state index in [1.165, 1.54) is 0 Å². The molecule has 1 unspecified atom stereocenters. The fraction of sp³-hybridized carbons (Fsp3) is 0.571. The Morgan fingerprint density at radius 3 is 2.74 bits per heavy atom. The molecule has 2 N–H and O–H groups in total. The van der Waals surface area contributed by atoms with E-state index in [0.717, 1.165) is 5.56 Å². The van der Waals surface area contributed by atoms with E-state index < -0.39 is 6.10 Å².